The summed E-state index contributed by atoms with van der Waals surface area (Å²) in [6.07, 6.45) is 2.43. The molecule has 3 unspecified atom stereocenters. The number of nitrogens with two attached hydrogens (primary N) is 1. The van der Waals surface area contributed by atoms with Crippen LogP contribution in [0.2, 0.25) is 0 Å². The molecule has 3 atom stereocenters. The predicted molar refractivity (Wildman–Crippen MR) is 72.8 cm³/mol. The molecule has 18 heavy (non-hydrogen) atoms. The third-order valence-corrected chi connectivity index (χ3v) is 4.01. The first-order valence-electron chi connectivity index (χ1n) is 6.82. The summed E-state index contributed by atoms with van der Waals surface area (Å²) >= 11 is 0. The van der Waals surface area contributed by atoms with Gasteiger partial charge in [-0.2, -0.15) is 0 Å². The van der Waals surface area contributed by atoms with Crippen LogP contribution in [0.25, 0.3) is 0 Å². The maximum Gasteiger partial charge on any atom is 0.128 e. The van der Waals surface area contributed by atoms with Crippen LogP contribution < -0.4 is 5.73 Å². The standard InChI is InChI=1S/C15H23FN2/c1-11-7-8-18(12(2)9-11)10-15(17)13-5-3-4-6-14(13)16/h3-6,11-12,15H,7-10,17H2,1-2H3. The Kier molecular flexibility index (Phi) is 4.36. The highest BCUT2D eigenvalue weighted by atomic mass is 19.1. The smallest absolute Gasteiger partial charge is 0.128 e. The second-order valence-electron chi connectivity index (χ2n) is 5.60. The second-order valence-corrected chi connectivity index (χ2v) is 5.60. The fraction of sp³-hybridized carbons (Fsp3) is 0.600. The SMILES string of the molecule is CC1CCN(CC(N)c2ccccc2F)C(C)C1. The van der Waals surface area contributed by atoms with Gasteiger partial charge in [-0.25, -0.2) is 4.39 Å². The lowest BCUT2D eigenvalue weighted by Crippen LogP contribution is -2.43. The number of piperidine rings is 1. The molecule has 2 nitrogen and oxygen atoms in total. The monoisotopic (exact) mass is 250 g/mol. The van der Waals surface area contributed by atoms with Crippen molar-refractivity contribution in [3.05, 3.63) is 35.6 Å². The van der Waals surface area contributed by atoms with E-state index in [2.05, 4.69) is 18.7 Å². The molecule has 1 aromatic rings. The molecule has 0 saturated carbocycles. The normalized spacial score (nSPS) is 27.1. The number of halogens is 1. The Labute approximate surface area is 109 Å². The van der Waals surface area contributed by atoms with Crippen LogP contribution >= 0.6 is 0 Å². The van der Waals surface area contributed by atoms with Gasteiger partial charge < -0.3 is 5.73 Å². The summed E-state index contributed by atoms with van der Waals surface area (Å²) in [5, 5.41) is 0. The molecule has 0 aliphatic carbocycles. The maximum absolute atomic E-state index is 13.7. The highest BCUT2D eigenvalue weighted by Crippen LogP contribution is 2.24. The molecule has 1 aromatic carbocycles. The second kappa shape index (κ2) is 5.81. The summed E-state index contributed by atoms with van der Waals surface area (Å²) in [5.74, 6) is 0.601. The minimum atomic E-state index is -0.234. The van der Waals surface area contributed by atoms with Gasteiger partial charge in [0, 0.05) is 24.2 Å². The molecule has 2 rings (SSSR count). The molecule has 1 aliphatic rings. The van der Waals surface area contributed by atoms with Crippen molar-refractivity contribution in [3.8, 4) is 0 Å². The van der Waals surface area contributed by atoms with Crippen molar-refractivity contribution in [1.29, 1.82) is 0 Å². The molecule has 0 bridgehead atoms. The summed E-state index contributed by atoms with van der Waals surface area (Å²) in [6, 6.07) is 7.14. The number of likely N-dealkylation sites (tertiary alicyclic amines) is 1. The van der Waals surface area contributed by atoms with Gasteiger partial charge in [0.25, 0.3) is 0 Å². The van der Waals surface area contributed by atoms with E-state index in [1.165, 1.54) is 18.9 Å². The van der Waals surface area contributed by atoms with E-state index < -0.39 is 0 Å². The van der Waals surface area contributed by atoms with Crippen molar-refractivity contribution in [3.63, 3.8) is 0 Å². The Balaban J connectivity index is 1.99. The van der Waals surface area contributed by atoms with E-state index in [0.29, 0.717) is 11.6 Å². The van der Waals surface area contributed by atoms with Crippen molar-refractivity contribution >= 4 is 0 Å². The van der Waals surface area contributed by atoms with Crippen LogP contribution in [0.15, 0.2) is 24.3 Å². The fourth-order valence-corrected chi connectivity index (χ4v) is 2.85. The van der Waals surface area contributed by atoms with E-state index in [1.807, 2.05) is 6.07 Å². The first kappa shape index (κ1) is 13.5. The summed E-state index contributed by atoms with van der Waals surface area (Å²) in [4.78, 5) is 2.39. The molecule has 1 aliphatic heterocycles. The lowest BCUT2D eigenvalue weighted by molar-refractivity contribution is 0.121. The van der Waals surface area contributed by atoms with Gasteiger partial charge in [0.2, 0.25) is 0 Å². The molecule has 0 spiro atoms. The van der Waals surface area contributed by atoms with Gasteiger partial charge in [0.05, 0.1) is 0 Å². The average molecular weight is 250 g/mol. The first-order chi connectivity index (χ1) is 8.58. The Morgan fingerprint density at radius 1 is 1.39 bits per heavy atom. The van der Waals surface area contributed by atoms with Gasteiger partial charge >= 0.3 is 0 Å². The number of hydrogen-bond acceptors (Lipinski definition) is 2. The molecule has 1 saturated heterocycles. The molecular formula is C15H23FN2. The van der Waals surface area contributed by atoms with Gasteiger partial charge in [0.1, 0.15) is 5.82 Å². The average Bonchev–Trinajstić information content (AvgIpc) is 2.33. The summed E-state index contributed by atoms with van der Waals surface area (Å²) in [7, 11) is 0. The van der Waals surface area contributed by atoms with Crippen molar-refractivity contribution in [2.75, 3.05) is 13.1 Å². The van der Waals surface area contributed by atoms with Crippen LogP contribution in [0, 0.1) is 11.7 Å². The van der Waals surface area contributed by atoms with Crippen molar-refractivity contribution < 1.29 is 4.39 Å². The van der Waals surface area contributed by atoms with Crippen LogP contribution in [-0.2, 0) is 0 Å². The van der Waals surface area contributed by atoms with Gasteiger partial charge in [-0.15, -0.1) is 0 Å². The van der Waals surface area contributed by atoms with Gasteiger partial charge in [-0.3, -0.25) is 4.90 Å². The number of benzene rings is 1. The Hall–Kier alpha value is -0.930. The molecule has 3 heteroatoms. The van der Waals surface area contributed by atoms with Crippen molar-refractivity contribution in [2.45, 2.75) is 38.8 Å². The van der Waals surface area contributed by atoms with E-state index in [0.717, 1.165) is 19.0 Å². The molecular weight excluding hydrogens is 227 g/mol. The lowest BCUT2D eigenvalue weighted by atomic mass is 9.92. The molecule has 100 valence electrons. The number of hydrogen-bond donors (Lipinski definition) is 1. The lowest BCUT2D eigenvalue weighted by Gasteiger charge is -2.38. The molecule has 0 amide bonds. The highest BCUT2D eigenvalue weighted by molar-refractivity contribution is 5.21. The van der Waals surface area contributed by atoms with Crippen LogP contribution in [0.3, 0.4) is 0 Å². The van der Waals surface area contributed by atoms with Crippen LogP contribution in [0.5, 0.6) is 0 Å². The van der Waals surface area contributed by atoms with Crippen molar-refractivity contribution in [2.24, 2.45) is 11.7 Å². The van der Waals surface area contributed by atoms with E-state index in [1.54, 1.807) is 12.1 Å². The molecule has 0 radical (unpaired) electrons. The Bertz CT molecular complexity index is 394. The Morgan fingerprint density at radius 3 is 2.78 bits per heavy atom. The van der Waals surface area contributed by atoms with E-state index in [9.17, 15) is 4.39 Å². The molecule has 1 fully saturated rings. The summed E-state index contributed by atoms with van der Waals surface area (Å²) in [6.45, 7) is 6.35. The van der Waals surface area contributed by atoms with Crippen molar-refractivity contribution in [1.82, 2.24) is 4.90 Å². The van der Waals surface area contributed by atoms with Gasteiger partial charge in [-0.1, -0.05) is 25.1 Å². The third kappa shape index (κ3) is 3.09. The number of rotatable bonds is 3. The zero-order chi connectivity index (χ0) is 13.1. The van der Waals surface area contributed by atoms with E-state index in [-0.39, 0.29) is 11.9 Å². The van der Waals surface area contributed by atoms with E-state index in [4.69, 9.17) is 5.73 Å². The Morgan fingerprint density at radius 2 is 2.11 bits per heavy atom. The topological polar surface area (TPSA) is 29.3 Å². The zero-order valence-electron chi connectivity index (χ0n) is 11.3. The summed E-state index contributed by atoms with van der Waals surface area (Å²) in [5.41, 5.74) is 6.77. The fourth-order valence-electron chi connectivity index (χ4n) is 2.85. The number of nitrogens with zero attached hydrogens (tertiary/aromatic N) is 1. The highest BCUT2D eigenvalue weighted by Gasteiger charge is 2.25. The van der Waals surface area contributed by atoms with Crippen LogP contribution in [-0.4, -0.2) is 24.0 Å². The first-order valence-corrected chi connectivity index (χ1v) is 6.82. The van der Waals surface area contributed by atoms with Crippen LogP contribution in [0.1, 0.15) is 38.3 Å². The molecule has 0 aromatic heterocycles. The largest absolute Gasteiger partial charge is 0.323 e. The minimum Gasteiger partial charge on any atom is -0.323 e. The quantitative estimate of drug-likeness (QED) is 0.893. The van der Waals surface area contributed by atoms with Gasteiger partial charge in [0.15, 0.2) is 0 Å². The van der Waals surface area contributed by atoms with Crippen LogP contribution in [0.4, 0.5) is 4.39 Å². The summed E-state index contributed by atoms with van der Waals surface area (Å²) < 4.78 is 13.7. The predicted octanol–water partition coefficient (Wildman–Crippen LogP) is 2.95. The third-order valence-electron chi connectivity index (χ3n) is 4.01. The molecule has 1 heterocycles. The minimum absolute atomic E-state index is 0.192. The maximum atomic E-state index is 13.7. The molecule has 2 N–H and O–H groups in total. The zero-order valence-corrected chi connectivity index (χ0v) is 11.3. The van der Waals surface area contributed by atoms with Gasteiger partial charge in [-0.05, 0) is 38.3 Å². The van der Waals surface area contributed by atoms with E-state index >= 15 is 0 Å².